The molecule has 0 saturated carbocycles. The molecule has 0 saturated heterocycles. The topological polar surface area (TPSA) is 46.2 Å². The zero-order valence-corrected chi connectivity index (χ0v) is 11.0. The molecule has 0 bridgehead atoms. The second kappa shape index (κ2) is 4.54. The van der Waals surface area contributed by atoms with Crippen LogP contribution in [0.1, 0.15) is 32.8 Å². The summed E-state index contributed by atoms with van der Waals surface area (Å²) in [5.41, 5.74) is 6.45. The van der Waals surface area contributed by atoms with E-state index in [9.17, 15) is 5.11 Å². The number of hydrogen-bond acceptors (Lipinski definition) is 2. The predicted molar refractivity (Wildman–Crippen MR) is 67.6 cm³/mol. The normalized spacial score (nSPS) is 15.3. The summed E-state index contributed by atoms with van der Waals surface area (Å²) in [5, 5.41) is 10.4. The van der Waals surface area contributed by atoms with Crippen LogP contribution in [-0.2, 0) is 5.60 Å². The molecule has 1 aromatic rings. The Morgan fingerprint density at radius 1 is 1.47 bits per heavy atom. The fourth-order valence-corrected chi connectivity index (χ4v) is 2.26. The number of hydrogen-bond donors (Lipinski definition) is 2. The van der Waals surface area contributed by atoms with Gasteiger partial charge in [0.2, 0.25) is 0 Å². The third-order valence-electron chi connectivity index (χ3n) is 2.40. The molecule has 0 aliphatic heterocycles. The number of nitrogens with two attached hydrogens (primary N) is 1. The van der Waals surface area contributed by atoms with E-state index >= 15 is 0 Å². The van der Waals surface area contributed by atoms with Gasteiger partial charge in [0, 0.05) is 15.7 Å². The monoisotopic (exact) mass is 271 g/mol. The van der Waals surface area contributed by atoms with E-state index in [1.807, 2.05) is 25.1 Å². The van der Waals surface area contributed by atoms with Crippen LogP contribution >= 0.6 is 15.9 Å². The van der Waals surface area contributed by atoms with Crippen LogP contribution in [0.5, 0.6) is 0 Å². The highest BCUT2D eigenvalue weighted by Crippen LogP contribution is 2.33. The predicted octanol–water partition coefficient (Wildman–Crippen LogP) is 3.28. The molecule has 0 fully saturated rings. The summed E-state index contributed by atoms with van der Waals surface area (Å²) in [6.07, 6.45) is 0.702. The molecule has 0 radical (unpaired) electrons. The van der Waals surface area contributed by atoms with Crippen LogP contribution in [0.15, 0.2) is 22.7 Å². The Balaban J connectivity index is 3.08. The lowest BCUT2D eigenvalue weighted by molar-refractivity contribution is 0.0356. The van der Waals surface area contributed by atoms with Crippen molar-refractivity contribution < 1.29 is 5.11 Å². The van der Waals surface area contributed by atoms with Gasteiger partial charge in [-0.25, -0.2) is 0 Å². The maximum atomic E-state index is 10.4. The molecule has 0 aliphatic carbocycles. The molecule has 0 heterocycles. The van der Waals surface area contributed by atoms with E-state index in [1.54, 1.807) is 0 Å². The van der Waals surface area contributed by atoms with Gasteiger partial charge in [0.1, 0.15) is 0 Å². The molecule has 3 heteroatoms. The molecule has 1 unspecified atom stereocenters. The van der Waals surface area contributed by atoms with Crippen molar-refractivity contribution in [3.05, 3.63) is 28.2 Å². The minimum absolute atomic E-state index is 0.429. The van der Waals surface area contributed by atoms with Crippen LogP contribution in [-0.4, -0.2) is 5.11 Å². The van der Waals surface area contributed by atoms with Crippen LogP contribution in [0.3, 0.4) is 0 Å². The van der Waals surface area contributed by atoms with E-state index in [1.165, 1.54) is 0 Å². The van der Waals surface area contributed by atoms with Gasteiger partial charge in [0.05, 0.1) is 5.60 Å². The Kier molecular flexibility index (Phi) is 3.79. The summed E-state index contributed by atoms with van der Waals surface area (Å²) in [5.74, 6) is 0.429. The third kappa shape index (κ3) is 3.21. The van der Waals surface area contributed by atoms with Gasteiger partial charge in [-0.15, -0.1) is 0 Å². The minimum Gasteiger partial charge on any atom is -0.398 e. The van der Waals surface area contributed by atoms with Gasteiger partial charge < -0.3 is 10.8 Å². The lowest BCUT2D eigenvalue weighted by Gasteiger charge is -2.27. The first-order valence-electron chi connectivity index (χ1n) is 5.11. The number of benzene rings is 1. The molecule has 0 aromatic heterocycles. The van der Waals surface area contributed by atoms with Gasteiger partial charge in [-0.3, -0.25) is 0 Å². The highest BCUT2D eigenvalue weighted by molar-refractivity contribution is 9.10. The first-order valence-corrected chi connectivity index (χ1v) is 5.90. The van der Waals surface area contributed by atoms with E-state index in [0.717, 1.165) is 10.0 Å². The third-order valence-corrected chi connectivity index (χ3v) is 2.89. The lowest BCUT2D eigenvalue weighted by atomic mass is 9.86. The van der Waals surface area contributed by atoms with Gasteiger partial charge in [-0.1, -0.05) is 29.8 Å². The Morgan fingerprint density at radius 2 is 2.07 bits per heavy atom. The summed E-state index contributed by atoms with van der Waals surface area (Å²) < 4.78 is 0.940. The van der Waals surface area contributed by atoms with E-state index in [2.05, 4.69) is 29.8 Å². The first-order chi connectivity index (χ1) is 6.83. The van der Waals surface area contributed by atoms with Crippen molar-refractivity contribution in [2.45, 2.75) is 32.8 Å². The lowest BCUT2D eigenvalue weighted by Crippen LogP contribution is -2.24. The zero-order chi connectivity index (χ0) is 11.6. The van der Waals surface area contributed by atoms with Gasteiger partial charge in [-0.2, -0.15) is 0 Å². The van der Waals surface area contributed by atoms with Crippen molar-refractivity contribution in [2.75, 3.05) is 5.73 Å². The molecule has 0 amide bonds. The molecule has 0 spiro atoms. The van der Waals surface area contributed by atoms with E-state index < -0.39 is 5.60 Å². The van der Waals surface area contributed by atoms with E-state index in [0.29, 0.717) is 18.0 Å². The molecular formula is C12H18BrNO. The molecule has 0 aliphatic rings. The fourth-order valence-electron chi connectivity index (χ4n) is 1.90. The van der Waals surface area contributed by atoms with Crippen LogP contribution in [0.25, 0.3) is 0 Å². The average Bonchev–Trinajstić information content (AvgIpc) is 2.06. The summed E-state index contributed by atoms with van der Waals surface area (Å²) >= 11 is 3.39. The van der Waals surface area contributed by atoms with Crippen molar-refractivity contribution >= 4 is 21.6 Å². The van der Waals surface area contributed by atoms with Gasteiger partial charge in [-0.05, 0) is 37.5 Å². The maximum Gasteiger partial charge on any atom is 0.0891 e. The number of anilines is 1. The van der Waals surface area contributed by atoms with Crippen molar-refractivity contribution in [3.63, 3.8) is 0 Å². The second-order valence-corrected chi connectivity index (χ2v) is 5.52. The SMILES string of the molecule is CC(C)CC(C)(O)c1cc(Br)ccc1N. The van der Waals surface area contributed by atoms with Crippen molar-refractivity contribution in [3.8, 4) is 0 Å². The molecule has 1 aromatic carbocycles. The van der Waals surface area contributed by atoms with E-state index in [-0.39, 0.29) is 0 Å². The largest absolute Gasteiger partial charge is 0.398 e. The number of rotatable bonds is 3. The van der Waals surface area contributed by atoms with Crippen molar-refractivity contribution in [2.24, 2.45) is 5.92 Å². The molecular weight excluding hydrogens is 254 g/mol. The van der Waals surface area contributed by atoms with Crippen molar-refractivity contribution in [1.82, 2.24) is 0 Å². The standard InChI is InChI=1S/C12H18BrNO/c1-8(2)7-12(3,15)10-6-9(13)4-5-11(10)14/h4-6,8,15H,7,14H2,1-3H3. The molecule has 1 atom stereocenters. The first kappa shape index (κ1) is 12.5. The molecule has 84 valence electrons. The Morgan fingerprint density at radius 3 is 2.60 bits per heavy atom. The minimum atomic E-state index is -0.859. The highest BCUT2D eigenvalue weighted by atomic mass is 79.9. The molecule has 3 N–H and O–H groups in total. The highest BCUT2D eigenvalue weighted by Gasteiger charge is 2.26. The Bertz CT molecular complexity index is 347. The van der Waals surface area contributed by atoms with Gasteiger partial charge >= 0.3 is 0 Å². The van der Waals surface area contributed by atoms with Crippen LogP contribution in [0.2, 0.25) is 0 Å². The molecule has 1 rings (SSSR count). The summed E-state index contributed by atoms with van der Waals surface area (Å²) in [6.45, 7) is 5.98. The van der Waals surface area contributed by atoms with Crippen molar-refractivity contribution in [1.29, 1.82) is 0 Å². The fraction of sp³-hybridized carbons (Fsp3) is 0.500. The summed E-state index contributed by atoms with van der Waals surface area (Å²) in [6, 6.07) is 5.58. The summed E-state index contributed by atoms with van der Waals surface area (Å²) in [7, 11) is 0. The maximum absolute atomic E-state index is 10.4. The van der Waals surface area contributed by atoms with Crippen LogP contribution < -0.4 is 5.73 Å². The number of nitrogen functional groups attached to an aromatic ring is 1. The van der Waals surface area contributed by atoms with Gasteiger partial charge in [0.15, 0.2) is 0 Å². The van der Waals surface area contributed by atoms with Crippen LogP contribution in [0, 0.1) is 5.92 Å². The Labute approximate surface area is 99.6 Å². The second-order valence-electron chi connectivity index (χ2n) is 4.60. The smallest absolute Gasteiger partial charge is 0.0891 e. The quantitative estimate of drug-likeness (QED) is 0.829. The Hall–Kier alpha value is -0.540. The zero-order valence-electron chi connectivity index (χ0n) is 9.42. The molecule has 15 heavy (non-hydrogen) atoms. The van der Waals surface area contributed by atoms with Crippen LogP contribution in [0.4, 0.5) is 5.69 Å². The summed E-state index contributed by atoms with van der Waals surface area (Å²) in [4.78, 5) is 0. The number of halogens is 1. The number of aliphatic hydroxyl groups is 1. The van der Waals surface area contributed by atoms with Gasteiger partial charge in [0.25, 0.3) is 0 Å². The molecule has 2 nitrogen and oxygen atoms in total. The average molecular weight is 272 g/mol. The van der Waals surface area contributed by atoms with E-state index in [4.69, 9.17) is 5.73 Å².